The van der Waals surface area contributed by atoms with Crippen molar-refractivity contribution in [2.45, 2.75) is 26.6 Å². The van der Waals surface area contributed by atoms with Crippen LogP contribution < -0.4 is 16.0 Å². The molecule has 0 aliphatic heterocycles. The Hall–Kier alpha value is -3.65. The lowest BCUT2D eigenvalue weighted by atomic mass is 10.2. The van der Waals surface area contributed by atoms with Gasteiger partial charge >= 0.3 is 0 Å². The first kappa shape index (κ1) is 18.7. The molecule has 0 fully saturated rings. The Kier molecular flexibility index (Phi) is 5.53. The van der Waals surface area contributed by atoms with E-state index in [1.165, 1.54) is 0 Å². The molecule has 3 aromatic heterocycles. The van der Waals surface area contributed by atoms with Gasteiger partial charge in [-0.1, -0.05) is 18.2 Å². The molecule has 0 radical (unpaired) electrons. The average molecular weight is 391 g/mol. The molecule has 29 heavy (non-hydrogen) atoms. The van der Waals surface area contributed by atoms with Crippen molar-refractivity contribution in [1.82, 2.24) is 15.0 Å². The lowest BCUT2D eigenvalue weighted by Crippen LogP contribution is -3.08. The van der Waals surface area contributed by atoms with Crippen LogP contribution in [0.4, 0.5) is 17.6 Å². The van der Waals surface area contributed by atoms with E-state index < -0.39 is 0 Å². The van der Waals surface area contributed by atoms with Gasteiger partial charge in [0.25, 0.3) is 0 Å². The first-order chi connectivity index (χ1) is 14.2. The molecular weight excluding hydrogens is 368 g/mol. The maximum atomic E-state index is 5.95. The largest absolute Gasteiger partial charge is 0.463 e. The highest BCUT2D eigenvalue weighted by Gasteiger charge is 2.18. The molecule has 8 heteroatoms. The minimum absolute atomic E-state index is 0.182. The quantitative estimate of drug-likeness (QED) is 0.423. The Morgan fingerprint density at radius 2 is 1.55 bits per heavy atom. The number of rotatable bonds is 8. The van der Waals surface area contributed by atoms with E-state index in [0.29, 0.717) is 31.4 Å². The Morgan fingerprint density at radius 3 is 2.17 bits per heavy atom. The zero-order valence-electron chi connectivity index (χ0n) is 16.1. The summed E-state index contributed by atoms with van der Waals surface area (Å²) in [5.74, 6) is 2.97. The summed E-state index contributed by atoms with van der Waals surface area (Å²) >= 11 is 0. The second-order valence-corrected chi connectivity index (χ2v) is 6.81. The van der Waals surface area contributed by atoms with E-state index >= 15 is 0 Å². The lowest BCUT2D eigenvalue weighted by Gasteiger charge is -2.17. The second-order valence-electron chi connectivity index (χ2n) is 6.81. The van der Waals surface area contributed by atoms with E-state index in [0.717, 1.165) is 27.7 Å². The van der Waals surface area contributed by atoms with Gasteiger partial charge in [-0.3, -0.25) is 0 Å². The van der Waals surface area contributed by atoms with Crippen LogP contribution in [0.5, 0.6) is 0 Å². The molecule has 0 aliphatic carbocycles. The summed E-state index contributed by atoms with van der Waals surface area (Å²) in [6.07, 6.45) is 3.34. The molecule has 4 aromatic rings. The van der Waals surface area contributed by atoms with E-state index in [-0.39, 0.29) is 5.95 Å². The number of nitrogens with two attached hydrogens (primary N) is 1. The Balaban J connectivity index is 1.54. The smallest absolute Gasteiger partial charge is 0.232 e. The van der Waals surface area contributed by atoms with Crippen molar-refractivity contribution in [3.8, 4) is 0 Å². The number of aromatic nitrogens is 3. The number of quaternary nitrogens is 1. The summed E-state index contributed by atoms with van der Waals surface area (Å²) in [4.78, 5) is 14.3. The molecule has 0 spiro atoms. The maximum absolute atomic E-state index is 5.95. The van der Waals surface area contributed by atoms with E-state index in [1.54, 1.807) is 12.5 Å². The molecule has 4 N–H and O–H groups in total. The number of benzene rings is 1. The van der Waals surface area contributed by atoms with Gasteiger partial charge in [0.15, 0.2) is 17.3 Å². The van der Waals surface area contributed by atoms with E-state index in [1.807, 2.05) is 55.5 Å². The van der Waals surface area contributed by atoms with Gasteiger partial charge in [-0.2, -0.15) is 15.0 Å². The third-order valence-corrected chi connectivity index (χ3v) is 4.51. The van der Waals surface area contributed by atoms with Gasteiger partial charge in [0.2, 0.25) is 11.9 Å². The topological polar surface area (TPSA) is 107 Å². The van der Waals surface area contributed by atoms with Gasteiger partial charge in [0.1, 0.15) is 19.6 Å². The first-order valence-corrected chi connectivity index (χ1v) is 9.37. The maximum Gasteiger partial charge on any atom is 0.232 e. The molecule has 4 rings (SSSR count). The van der Waals surface area contributed by atoms with Crippen LogP contribution >= 0.6 is 0 Å². The molecule has 0 bridgehead atoms. The normalized spacial score (nSPS) is 11.1. The Labute approximate surface area is 168 Å². The minimum Gasteiger partial charge on any atom is -0.463 e. The minimum atomic E-state index is 0.182. The predicted octanol–water partition coefficient (Wildman–Crippen LogP) is 2.48. The highest BCUT2D eigenvalue weighted by molar-refractivity contribution is 5.58. The highest BCUT2D eigenvalue weighted by Crippen LogP contribution is 2.17. The molecule has 0 saturated heterocycles. The summed E-state index contributed by atoms with van der Waals surface area (Å²) in [6.45, 7) is 3.89. The van der Waals surface area contributed by atoms with Crippen molar-refractivity contribution in [3.63, 3.8) is 0 Å². The summed E-state index contributed by atoms with van der Waals surface area (Å²) < 4.78 is 11.0. The average Bonchev–Trinajstić information content (AvgIpc) is 3.37. The molecular formula is C21H23N6O2+. The monoisotopic (exact) mass is 391 g/mol. The number of aryl methyl sites for hydroxylation is 1. The predicted molar refractivity (Wildman–Crippen MR) is 108 cm³/mol. The molecule has 0 amide bonds. The molecule has 0 saturated carbocycles. The number of furan rings is 2. The standard InChI is InChI=1S/C21H22N6O2/c1-15-6-2-3-9-18(15)23-21-25-19(24-20(22)26-21)14-27(12-16-7-4-10-28-16)13-17-8-5-11-29-17/h2-11H,12-14H2,1H3,(H3,22,23,24,25,26)/p+1. The summed E-state index contributed by atoms with van der Waals surface area (Å²) in [7, 11) is 0. The van der Waals surface area contributed by atoms with E-state index in [4.69, 9.17) is 14.6 Å². The Morgan fingerprint density at radius 1 is 0.862 bits per heavy atom. The summed E-state index contributed by atoms with van der Waals surface area (Å²) in [5.41, 5.74) is 7.97. The molecule has 8 nitrogen and oxygen atoms in total. The van der Waals surface area contributed by atoms with Crippen molar-refractivity contribution in [1.29, 1.82) is 0 Å². The van der Waals surface area contributed by atoms with Crippen molar-refractivity contribution in [2.24, 2.45) is 0 Å². The number of hydrogen-bond acceptors (Lipinski definition) is 7. The highest BCUT2D eigenvalue weighted by atomic mass is 16.3. The van der Waals surface area contributed by atoms with Crippen molar-refractivity contribution >= 4 is 17.6 Å². The molecule has 0 unspecified atom stereocenters. The van der Waals surface area contributed by atoms with Gasteiger partial charge in [0, 0.05) is 5.69 Å². The van der Waals surface area contributed by atoms with Crippen LogP contribution in [0.3, 0.4) is 0 Å². The number of hydrogen-bond donors (Lipinski definition) is 3. The second kappa shape index (κ2) is 8.57. The number of nitrogens with zero attached hydrogens (tertiary/aromatic N) is 3. The van der Waals surface area contributed by atoms with Crippen molar-refractivity contribution in [2.75, 3.05) is 11.1 Å². The third kappa shape index (κ3) is 4.99. The van der Waals surface area contributed by atoms with Crippen LogP contribution in [0.15, 0.2) is 69.9 Å². The summed E-state index contributed by atoms with van der Waals surface area (Å²) in [5, 5.41) is 3.23. The van der Waals surface area contributed by atoms with E-state index in [2.05, 4.69) is 20.3 Å². The van der Waals surface area contributed by atoms with Gasteiger partial charge in [-0.05, 0) is 42.8 Å². The van der Waals surface area contributed by atoms with Crippen LogP contribution in [0.25, 0.3) is 0 Å². The SMILES string of the molecule is Cc1ccccc1Nc1nc(N)nc(C[NH+](Cc2ccco2)Cc2ccco2)n1. The molecule has 1 aromatic carbocycles. The van der Waals surface area contributed by atoms with Crippen molar-refractivity contribution < 1.29 is 13.7 Å². The number of nitrogen functional groups attached to an aromatic ring is 1. The molecule has 148 valence electrons. The Bertz CT molecular complexity index is 1010. The van der Waals surface area contributed by atoms with Gasteiger partial charge < -0.3 is 24.8 Å². The van der Waals surface area contributed by atoms with Crippen LogP contribution in [0.1, 0.15) is 22.9 Å². The number of para-hydroxylation sites is 1. The van der Waals surface area contributed by atoms with Gasteiger partial charge in [0.05, 0.1) is 12.5 Å². The van der Waals surface area contributed by atoms with Crippen LogP contribution in [0, 0.1) is 6.92 Å². The van der Waals surface area contributed by atoms with Gasteiger partial charge in [-0.25, -0.2) is 0 Å². The van der Waals surface area contributed by atoms with Gasteiger partial charge in [-0.15, -0.1) is 0 Å². The zero-order valence-corrected chi connectivity index (χ0v) is 16.1. The third-order valence-electron chi connectivity index (χ3n) is 4.51. The molecule has 0 aliphatic rings. The molecule has 3 heterocycles. The molecule has 0 atom stereocenters. The first-order valence-electron chi connectivity index (χ1n) is 9.37. The number of anilines is 3. The van der Waals surface area contributed by atoms with Crippen LogP contribution in [-0.4, -0.2) is 15.0 Å². The fourth-order valence-corrected chi connectivity index (χ4v) is 3.14. The fraction of sp³-hybridized carbons (Fsp3) is 0.190. The zero-order chi connectivity index (χ0) is 20.1. The van der Waals surface area contributed by atoms with Crippen LogP contribution in [-0.2, 0) is 19.6 Å². The summed E-state index contributed by atoms with van der Waals surface area (Å²) in [6, 6.07) is 15.6. The van der Waals surface area contributed by atoms with E-state index in [9.17, 15) is 0 Å². The number of nitrogens with one attached hydrogen (secondary N) is 2. The lowest BCUT2D eigenvalue weighted by molar-refractivity contribution is -0.943. The fourth-order valence-electron chi connectivity index (χ4n) is 3.14. The van der Waals surface area contributed by atoms with Crippen LogP contribution in [0.2, 0.25) is 0 Å². The van der Waals surface area contributed by atoms with Crippen molar-refractivity contribution in [3.05, 3.63) is 84.0 Å².